The Labute approximate surface area is 175 Å². The van der Waals surface area contributed by atoms with E-state index in [9.17, 15) is 13.2 Å². The van der Waals surface area contributed by atoms with Crippen LogP contribution in [0.4, 0.5) is 5.69 Å². The third kappa shape index (κ3) is 5.16. The Morgan fingerprint density at radius 1 is 0.966 bits per heavy atom. The summed E-state index contributed by atoms with van der Waals surface area (Å²) in [5.41, 5.74) is 1.45. The predicted molar refractivity (Wildman–Crippen MR) is 116 cm³/mol. The highest BCUT2D eigenvalue weighted by atomic mass is 35.5. The number of hydrogen-bond donors (Lipinski definition) is 2. The fourth-order valence-electron chi connectivity index (χ4n) is 2.92. The first-order valence-electron chi connectivity index (χ1n) is 9.14. The van der Waals surface area contributed by atoms with Crippen LogP contribution in [-0.4, -0.2) is 14.3 Å². The number of hydrogen-bond acceptors (Lipinski definition) is 3. The third-order valence-corrected chi connectivity index (χ3v) is 6.16. The third-order valence-electron chi connectivity index (χ3n) is 4.43. The lowest BCUT2D eigenvalue weighted by atomic mass is 10.0. The van der Waals surface area contributed by atoms with Crippen molar-refractivity contribution in [3.05, 3.63) is 95.0 Å². The summed E-state index contributed by atoms with van der Waals surface area (Å²) in [6.45, 7) is 1.98. The zero-order valence-electron chi connectivity index (χ0n) is 15.8. The van der Waals surface area contributed by atoms with Crippen molar-refractivity contribution in [2.45, 2.75) is 24.3 Å². The van der Waals surface area contributed by atoms with Gasteiger partial charge in [0.2, 0.25) is 0 Å². The summed E-state index contributed by atoms with van der Waals surface area (Å²) in [5.74, 6) is -0.369. The van der Waals surface area contributed by atoms with E-state index >= 15 is 0 Å². The van der Waals surface area contributed by atoms with Crippen LogP contribution in [0, 0.1) is 0 Å². The van der Waals surface area contributed by atoms with Crippen LogP contribution in [0.2, 0.25) is 5.02 Å². The molecule has 2 N–H and O–H groups in total. The molecule has 1 amide bonds. The van der Waals surface area contributed by atoms with Crippen LogP contribution in [0.3, 0.4) is 0 Å². The quantitative estimate of drug-likeness (QED) is 0.554. The number of carbonyl (C=O) groups excluding carboxylic acids is 1. The molecule has 0 aliphatic carbocycles. The number of anilines is 1. The molecule has 0 saturated heterocycles. The first kappa shape index (κ1) is 20.9. The van der Waals surface area contributed by atoms with Crippen molar-refractivity contribution in [1.29, 1.82) is 0 Å². The van der Waals surface area contributed by atoms with Gasteiger partial charge in [0.15, 0.2) is 0 Å². The number of nitrogens with one attached hydrogen (secondary N) is 2. The molecule has 0 fully saturated rings. The molecule has 0 radical (unpaired) electrons. The molecule has 0 aliphatic heterocycles. The van der Waals surface area contributed by atoms with Crippen molar-refractivity contribution < 1.29 is 13.2 Å². The first-order chi connectivity index (χ1) is 13.9. The van der Waals surface area contributed by atoms with Crippen molar-refractivity contribution in [1.82, 2.24) is 5.32 Å². The molecule has 0 heterocycles. The number of carbonyl (C=O) groups is 1. The van der Waals surface area contributed by atoms with E-state index in [4.69, 9.17) is 11.6 Å². The van der Waals surface area contributed by atoms with Gasteiger partial charge in [-0.3, -0.25) is 9.52 Å². The molecule has 3 rings (SSSR count). The van der Waals surface area contributed by atoms with Crippen molar-refractivity contribution in [3.63, 3.8) is 0 Å². The summed E-state index contributed by atoms with van der Waals surface area (Å²) >= 11 is 6.21. The van der Waals surface area contributed by atoms with Gasteiger partial charge in [-0.1, -0.05) is 67.1 Å². The number of amides is 1. The summed E-state index contributed by atoms with van der Waals surface area (Å²) in [6, 6.07) is 21.9. The van der Waals surface area contributed by atoms with Crippen molar-refractivity contribution in [2.75, 3.05) is 4.72 Å². The zero-order chi connectivity index (χ0) is 20.9. The highest BCUT2D eigenvalue weighted by molar-refractivity contribution is 7.92. The maximum Gasteiger partial charge on any atom is 0.261 e. The zero-order valence-corrected chi connectivity index (χ0v) is 17.4. The smallest absolute Gasteiger partial charge is 0.261 e. The second-order valence-electron chi connectivity index (χ2n) is 6.46. The Balaban J connectivity index is 1.82. The van der Waals surface area contributed by atoms with E-state index in [0.29, 0.717) is 6.42 Å². The minimum Gasteiger partial charge on any atom is -0.345 e. The van der Waals surface area contributed by atoms with Gasteiger partial charge in [-0.2, -0.15) is 0 Å². The van der Waals surface area contributed by atoms with E-state index in [1.165, 1.54) is 30.3 Å². The van der Waals surface area contributed by atoms with Crippen LogP contribution in [0.25, 0.3) is 0 Å². The molecule has 0 spiro atoms. The monoisotopic (exact) mass is 428 g/mol. The number of rotatable bonds is 7. The summed E-state index contributed by atoms with van der Waals surface area (Å²) in [6.07, 6.45) is 0.702. The minimum absolute atomic E-state index is 0.135. The maximum absolute atomic E-state index is 12.8. The molecule has 29 heavy (non-hydrogen) atoms. The average molecular weight is 429 g/mol. The summed E-state index contributed by atoms with van der Waals surface area (Å²) in [7, 11) is -3.76. The van der Waals surface area contributed by atoms with Crippen LogP contribution in [0.1, 0.15) is 35.3 Å². The molecule has 5 nitrogen and oxygen atoms in total. The molecule has 7 heteroatoms. The Morgan fingerprint density at radius 3 is 2.21 bits per heavy atom. The highest BCUT2D eigenvalue weighted by Crippen LogP contribution is 2.24. The van der Waals surface area contributed by atoms with Crippen molar-refractivity contribution >= 4 is 33.2 Å². The lowest BCUT2D eigenvalue weighted by Gasteiger charge is -2.18. The predicted octanol–water partition coefficient (Wildman–Crippen LogP) is 5.02. The summed E-state index contributed by atoms with van der Waals surface area (Å²) in [5, 5.41) is 3.20. The van der Waals surface area contributed by atoms with Gasteiger partial charge in [0.25, 0.3) is 15.9 Å². The first-order valence-corrected chi connectivity index (χ1v) is 11.0. The average Bonchev–Trinajstić information content (AvgIpc) is 2.74. The molecular weight excluding hydrogens is 408 g/mol. The summed E-state index contributed by atoms with van der Waals surface area (Å²) < 4.78 is 27.6. The number of benzene rings is 3. The van der Waals surface area contributed by atoms with Crippen LogP contribution in [-0.2, 0) is 10.0 Å². The van der Waals surface area contributed by atoms with E-state index in [1.54, 1.807) is 18.2 Å². The molecule has 0 aliphatic rings. The number of sulfonamides is 1. The highest BCUT2D eigenvalue weighted by Gasteiger charge is 2.19. The largest absolute Gasteiger partial charge is 0.345 e. The van der Waals surface area contributed by atoms with Gasteiger partial charge in [-0.25, -0.2) is 8.42 Å². The molecule has 0 bridgehead atoms. The van der Waals surface area contributed by atoms with Gasteiger partial charge in [0.1, 0.15) is 0 Å². The van der Waals surface area contributed by atoms with Crippen LogP contribution >= 0.6 is 11.6 Å². The molecule has 0 aromatic heterocycles. The second kappa shape index (κ2) is 9.11. The topological polar surface area (TPSA) is 75.3 Å². The Kier molecular flexibility index (Phi) is 6.56. The standard InChI is InChI=1S/C22H21ClN2O3S/c1-2-21(16-9-5-3-6-10-16)24-22(26)19-15-17(13-14-20(19)23)25-29(27,28)18-11-7-4-8-12-18/h3-15,21,25H,2H2,1H3,(H,24,26)/t21-/m0/s1. The fourth-order valence-corrected chi connectivity index (χ4v) is 4.19. The second-order valence-corrected chi connectivity index (χ2v) is 8.55. The normalized spacial score (nSPS) is 12.2. The maximum atomic E-state index is 12.8. The van der Waals surface area contributed by atoms with E-state index in [0.717, 1.165) is 5.56 Å². The van der Waals surface area contributed by atoms with Crippen molar-refractivity contribution in [2.24, 2.45) is 0 Å². The van der Waals surface area contributed by atoms with E-state index in [2.05, 4.69) is 10.0 Å². The van der Waals surface area contributed by atoms with E-state index in [1.807, 2.05) is 37.3 Å². The Morgan fingerprint density at radius 2 is 1.59 bits per heavy atom. The minimum atomic E-state index is -3.76. The molecule has 3 aromatic rings. The van der Waals surface area contributed by atoms with Gasteiger partial charge in [-0.15, -0.1) is 0 Å². The lowest BCUT2D eigenvalue weighted by molar-refractivity contribution is 0.0935. The fraction of sp³-hybridized carbons (Fsp3) is 0.136. The summed E-state index contributed by atoms with van der Waals surface area (Å²) in [4.78, 5) is 13.0. The van der Waals surface area contributed by atoms with Gasteiger partial charge >= 0.3 is 0 Å². The van der Waals surface area contributed by atoms with Crippen LogP contribution in [0.5, 0.6) is 0 Å². The molecule has 0 unspecified atom stereocenters. The van der Waals surface area contributed by atoms with Gasteiger partial charge < -0.3 is 5.32 Å². The number of halogens is 1. The van der Waals surface area contributed by atoms with Crippen molar-refractivity contribution in [3.8, 4) is 0 Å². The molecule has 0 saturated carbocycles. The molecule has 3 aromatic carbocycles. The molecular formula is C22H21ClN2O3S. The SMILES string of the molecule is CC[C@H](NC(=O)c1cc(NS(=O)(=O)c2ccccc2)ccc1Cl)c1ccccc1. The van der Waals surface area contributed by atoms with E-state index in [-0.39, 0.29) is 33.1 Å². The van der Waals surface area contributed by atoms with Gasteiger partial charge in [0.05, 0.1) is 21.5 Å². The van der Waals surface area contributed by atoms with Gasteiger partial charge in [-0.05, 0) is 42.3 Å². The molecule has 1 atom stereocenters. The molecule has 150 valence electrons. The van der Waals surface area contributed by atoms with Gasteiger partial charge in [0, 0.05) is 5.69 Å². The lowest BCUT2D eigenvalue weighted by Crippen LogP contribution is -2.28. The Hall–Kier alpha value is -2.83. The Bertz CT molecular complexity index is 1090. The van der Waals surface area contributed by atoms with E-state index < -0.39 is 10.0 Å². The van der Waals surface area contributed by atoms with Crippen LogP contribution < -0.4 is 10.0 Å². The van der Waals surface area contributed by atoms with Crippen LogP contribution in [0.15, 0.2) is 83.8 Å².